The lowest BCUT2D eigenvalue weighted by molar-refractivity contribution is 0.402. The molecule has 3 aliphatic rings. The van der Waals surface area contributed by atoms with Gasteiger partial charge >= 0.3 is 0 Å². The number of fused-ring (bicyclic) bond motifs is 4. The highest BCUT2D eigenvalue weighted by Crippen LogP contribution is 2.45. The number of hydrogen-bond donors (Lipinski definition) is 0. The Bertz CT molecular complexity index is 650. The minimum atomic E-state index is -0.341. The van der Waals surface area contributed by atoms with Crippen LogP contribution >= 0.6 is 0 Å². The molecule has 0 N–H and O–H groups in total. The first-order chi connectivity index (χ1) is 9.40. The number of aliphatic imine (C=N–C) groups is 2. The van der Waals surface area contributed by atoms with Crippen molar-refractivity contribution in [2.24, 2.45) is 21.8 Å². The minimum Gasteiger partial charge on any atom is -0.256 e. The molecule has 2 nitrogen and oxygen atoms in total. The molecule has 3 atom stereocenters. The van der Waals surface area contributed by atoms with Crippen LogP contribution in [0.25, 0.3) is 6.08 Å². The Balaban J connectivity index is 2.00. The number of allylic oxidation sites excluding steroid dienone is 4. The average molecular weight is 246 g/mol. The summed E-state index contributed by atoms with van der Waals surface area (Å²) < 4.78 is 0. The maximum atomic E-state index is 4.74. The van der Waals surface area contributed by atoms with E-state index in [0.717, 1.165) is 0 Å². The average Bonchev–Trinajstić information content (AvgIpc) is 2.91. The zero-order valence-corrected chi connectivity index (χ0v) is 10.5. The molecule has 1 aromatic rings. The van der Waals surface area contributed by atoms with Gasteiger partial charge in [-0.15, -0.1) is 0 Å². The normalized spacial score (nSPS) is 33.5. The highest BCUT2D eigenvalue weighted by molar-refractivity contribution is 5.89. The van der Waals surface area contributed by atoms with E-state index in [-0.39, 0.29) is 5.54 Å². The molecule has 1 heterocycles. The van der Waals surface area contributed by atoms with Crippen molar-refractivity contribution >= 4 is 18.6 Å². The van der Waals surface area contributed by atoms with Gasteiger partial charge < -0.3 is 0 Å². The fraction of sp³-hybridized carbons (Fsp3) is 0.176. The Morgan fingerprint density at radius 3 is 2.79 bits per heavy atom. The summed E-state index contributed by atoms with van der Waals surface area (Å²) in [4.78, 5) is 9.03. The predicted octanol–water partition coefficient (Wildman–Crippen LogP) is 3.38. The van der Waals surface area contributed by atoms with E-state index in [2.05, 4.69) is 65.7 Å². The fourth-order valence-electron chi connectivity index (χ4n) is 3.27. The SMILES string of the molecule is C1=CC2C=Cc3ccccc3C3(C=NC=N3)C2C=C1. The summed E-state index contributed by atoms with van der Waals surface area (Å²) in [7, 11) is 0. The molecule has 92 valence electrons. The summed E-state index contributed by atoms with van der Waals surface area (Å²) in [5, 5.41) is 0. The van der Waals surface area contributed by atoms with Gasteiger partial charge in [0.25, 0.3) is 0 Å². The van der Waals surface area contributed by atoms with Crippen LogP contribution in [0.3, 0.4) is 0 Å². The van der Waals surface area contributed by atoms with Crippen molar-refractivity contribution in [2.45, 2.75) is 5.54 Å². The molecule has 0 radical (unpaired) electrons. The molecule has 0 amide bonds. The lowest BCUT2D eigenvalue weighted by Gasteiger charge is -2.34. The first kappa shape index (κ1) is 10.7. The van der Waals surface area contributed by atoms with E-state index in [4.69, 9.17) is 4.99 Å². The zero-order valence-electron chi connectivity index (χ0n) is 10.5. The van der Waals surface area contributed by atoms with Crippen LogP contribution in [-0.2, 0) is 5.54 Å². The van der Waals surface area contributed by atoms with Gasteiger partial charge in [0.15, 0.2) is 0 Å². The summed E-state index contributed by atoms with van der Waals surface area (Å²) in [5.41, 5.74) is 2.15. The molecular weight excluding hydrogens is 232 g/mol. The summed E-state index contributed by atoms with van der Waals surface area (Å²) in [6, 6.07) is 8.48. The molecule has 0 saturated carbocycles. The second kappa shape index (κ2) is 3.89. The molecule has 2 aliphatic carbocycles. The number of benzene rings is 1. The maximum absolute atomic E-state index is 4.74. The van der Waals surface area contributed by atoms with Gasteiger partial charge in [-0.3, -0.25) is 4.99 Å². The molecule has 1 aromatic carbocycles. The van der Waals surface area contributed by atoms with Crippen molar-refractivity contribution in [3.8, 4) is 0 Å². The van der Waals surface area contributed by atoms with Crippen molar-refractivity contribution in [3.63, 3.8) is 0 Å². The van der Waals surface area contributed by atoms with E-state index in [0.29, 0.717) is 11.8 Å². The first-order valence-corrected chi connectivity index (χ1v) is 6.61. The summed E-state index contributed by atoms with van der Waals surface area (Å²) in [6.45, 7) is 0. The second-order valence-electron chi connectivity index (χ2n) is 5.17. The Morgan fingerprint density at radius 2 is 1.89 bits per heavy atom. The van der Waals surface area contributed by atoms with Gasteiger partial charge in [0.2, 0.25) is 0 Å². The number of rotatable bonds is 0. The molecule has 19 heavy (non-hydrogen) atoms. The third kappa shape index (κ3) is 1.43. The molecule has 0 fully saturated rings. The third-order valence-corrected chi connectivity index (χ3v) is 4.19. The molecule has 0 saturated heterocycles. The van der Waals surface area contributed by atoms with Crippen molar-refractivity contribution in [3.05, 3.63) is 65.8 Å². The van der Waals surface area contributed by atoms with E-state index in [1.165, 1.54) is 11.1 Å². The highest BCUT2D eigenvalue weighted by Gasteiger charge is 2.44. The second-order valence-corrected chi connectivity index (χ2v) is 5.17. The Morgan fingerprint density at radius 1 is 1.00 bits per heavy atom. The largest absolute Gasteiger partial charge is 0.256 e. The van der Waals surface area contributed by atoms with E-state index in [1.54, 1.807) is 6.34 Å². The lowest BCUT2D eigenvalue weighted by Crippen LogP contribution is -2.36. The van der Waals surface area contributed by atoms with Gasteiger partial charge in [0.1, 0.15) is 11.9 Å². The molecule has 3 unspecified atom stereocenters. The lowest BCUT2D eigenvalue weighted by atomic mass is 9.72. The van der Waals surface area contributed by atoms with E-state index in [9.17, 15) is 0 Å². The van der Waals surface area contributed by atoms with Crippen LogP contribution in [-0.4, -0.2) is 12.6 Å². The van der Waals surface area contributed by atoms with Crippen LogP contribution in [0.1, 0.15) is 11.1 Å². The van der Waals surface area contributed by atoms with Gasteiger partial charge in [0, 0.05) is 18.1 Å². The topological polar surface area (TPSA) is 24.7 Å². The predicted molar refractivity (Wildman–Crippen MR) is 79.4 cm³/mol. The Labute approximate surface area is 112 Å². The van der Waals surface area contributed by atoms with E-state index < -0.39 is 0 Å². The molecule has 0 bridgehead atoms. The first-order valence-electron chi connectivity index (χ1n) is 6.61. The standard InChI is InChI=1S/C17H14N2/c1-3-7-15-13(5-1)9-10-14-6-2-4-8-16(14)17(15)11-18-12-19-17/h1-13,15H. The van der Waals surface area contributed by atoms with Gasteiger partial charge in [0.05, 0.1) is 0 Å². The monoisotopic (exact) mass is 246 g/mol. The maximum Gasteiger partial charge on any atom is 0.130 e. The summed E-state index contributed by atoms with van der Waals surface area (Å²) in [5.74, 6) is 0.680. The molecular formula is C17H14N2. The van der Waals surface area contributed by atoms with Gasteiger partial charge in [-0.1, -0.05) is 60.7 Å². The van der Waals surface area contributed by atoms with Gasteiger partial charge in [-0.25, -0.2) is 4.99 Å². The summed E-state index contributed by atoms with van der Waals surface area (Å²) >= 11 is 0. The van der Waals surface area contributed by atoms with Crippen molar-refractivity contribution < 1.29 is 0 Å². The van der Waals surface area contributed by atoms with E-state index in [1.807, 2.05) is 6.21 Å². The van der Waals surface area contributed by atoms with Gasteiger partial charge in [-0.2, -0.15) is 0 Å². The van der Waals surface area contributed by atoms with Crippen molar-refractivity contribution in [2.75, 3.05) is 0 Å². The summed E-state index contributed by atoms with van der Waals surface area (Å²) in [6.07, 6.45) is 16.9. The molecule has 4 rings (SSSR count). The van der Waals surface area contributed by atoms with Gasteiger partial charge in [-0.05, 0) is 11.1 Å². The van der Waals surface area contributed by atoms with Crippen LogP contribution in [0.2, 0.25) is 0 Å². The molecule has 1 spiro atoms. The molecule has 1 aliphatic heterocycles. The van der Waals surface area contributed by atoms with Crippen molar-refractivity contribution in [1.29, 1.82) is 0 Å². The Hall–Kier alpha value is -2.22. The van der Waals surface area contributed by atoms with E-state index >= 15 is 0 Å². The fourth-order valence-corrected chi connectivity index (χ4v) is 3.27. The van der Waals surface area contributed by atoms with Crippen molar-refractivity contribution in [1.82, 2.24) is 0 Å². The van der Waals surface area contributed by atoms with Crippen LogP contribution < -0.4 is 0 Å². The van der Waals surface area contributed by atoms with Crippen LogP contribution in [0.15, 0.2) is 64.6 Å². The third-order valence-electron chi connectivity index (χ3n) is 4.19. The quantitative estimate of drug-likeness (QED) is 0.670. The highest BCUT2D eigenvalue weighted by atomic mass is 15.0. The van der Waals surface area contributed by atoms with Crippen LogP contribution in [0.4, 0.5) is 0 Å². The van der Waals surface area contributed by atoms with Crippen LogP contribution in [0, 0.1) is 11.8 Å². The molecule has 0 aromatic heterocycles. The Kier molecular flexibility index (Phi) is 2.18. The smallest absolute Gasteiger partial charge is 0.130 e. The number of nitrogens with zero attached hydrogens (tertiary/aromatic N) is 2. The molecule has 2 heteroatoms. The van der Waals surface area contributed by atoms with Crippen LogP contribution in [0.5, 0.6) is 0 Å². The number of hydrogen-bond acceptors (Lipinski definition) is 2. The zero-order chi connectivity index (χ0) is 12.7. The minimum absolute atomic E-state index is 0.305.